The number of hydrogen-bond donors (Lipinski definition) is 0. The number of hydrogen-bond acceptors (Lipinski definition) is 4. The molecule has 0 bridgehead atoms. The highest BCUT2D eigenvalue weighted by Crippen LogP contribution is 2.31. The van der Waals surface area contributed by atoms with Gasteiger partial charge in [0.15, 0.2) is 0 Å². The Kier molecular flexibility index (Phi) is 5.16. The second-order valence-corrected chi connectivity index (χ2v) is 7.46. The summed E-state index contributed by atoms with van der Waals surface area (Å²) in [6, 6.07) is 18.3. The van der Waals surface area contributed by atoms with Crippen LogP contribution < -0.4 is 0 Å². The summed E-state index contributed by atoms with van der Waals surface area (Å²) in [5, 5.41) is 11.9. The quantitative estimate of drug-likeness (QED) is 0.645. The van der Waals surface area contributed by atoms with Gasteiger partial charge in [0.25, 0.3) is 0 Å². The molecule has 1 amide bonds. The van der Waals surface area contributed by atoms with E-state index in [0.717, 1.165) is 53.0 Å². The highest BCUT2D eigenvalue weighted by atomic mass is 32.2. The minimum atomic E-state index is 0.202. The molecule has 132 valence electrons. The fraction of sp³-hybridized carbons (Fsp3) is 0.286. The number of carbonyl (C=O) groups excluding carboxylic acids is 1. The Morgan fingerprint density at radius 2 is 1.58 bits per heavy atom. The molecule has 0 atom stereocenters. The van der Waals surface area contributed by atoms with E-state index < -0.39 is 0 Å². The van der Waals surface area contributed by atoms with Gasteiger partial charge in [-0.05, 0) is 19.3 Å². The molecular weight excluding hydrogens is 342 g/mol. The average molecular weight is 363 g/mol. The lowest BCUT2D eigenvalue weighted by Gasteiger charge is -2.26. The van der Waals surface area contributed by atoms with Crippen LogP contribution in [0.15, 0.2) is 59.6 Å². The lowest BCUT2D eigenvalue weighted by Crippen LogP contribution is -2.36. The Bertz CT molecular complexity index is 908. The van der Waals surface area contributed by atoms with Gasteiger partial charge in [0.05, 0.1) is 5.75 Å². The summed E-state index contributed by atoms with van der Waals surface area (Å²) in [4.78, 5) is 14.4. The van der Waals surface area contributed by atoms with Gasteiger partial charge < -0.3 is 4.90 Å². The van der Waals surface area contributed by atoms with Gasteiger partial charge in [-0.1, -0.05) is 66.4 Å². The first kappa shape index (κ1) is 17.0. The van der Waals surface area contributed by atoms with Crippen LogP contribution in [0.3, 0.4) is 0 Å². The molecule has 0 aliphatic carbocycles. The molecule has 0 unspecified atom stereocenters. The van der Waals surface area contributed by atoms with Crippen LogP contribution in [-0.4, -0.2) is 39.8 Å². The van der Waals surface area contributed by atoms with E-state index in [0.29, 0.717) is 5.75 Å². The fourth-order valence-corrected chi connectivity index (χ4v) is 4.23. The molecule has 1 saturated heterocycles. The largest absolute Gasteiger partial charge is 0.342 e. The van der Waals surface area contributed by atoms with Gasteiger partial charge in [-0.3, -0.25) is 4.79 Å². The van der Waals surface area contributed by atoms with Crippen LogP contribution in [0.4, 0.5) is 0 Å². The summed E-state index contributed by atoms with van der Waals surface area (Å²) in [5.41, 5.74) is 1.94. The number of aromatic nitrogens is 2. The van der Waals surface area contributed by atoms with Crippen molar-refractivity contribution in [2.24, 2.45) is 0 Å². The summed E-state index contributed by atoms with van der Waals surface area (Å²) in [6.45, 7) is 1.78. The van der Waals surface area contributed by atoms with Crippen LogP contribution in [0.25, 0.3) is 22.0 Å². The van der Waals surface area contributed by atoms with Crippen LogP contribution in [0.1, 0.15) is 19.3 Å². The summed E-state index contributed by atoms with van der Waals surface area (Å²) < 4.78 is 0. The van der Waals surface area contributed by atoms with Crippen LogP contribution in [-0.2, 0) is 4.79 Å². The second-order valence-electron chi connectivity index (χ2n) is 6.50. The zero-order valence-corrected chi connectivity index (χ0v) is 15.4. The van der Waals surface area contributed by atoms with Crippen molar-refractivity contribution < 1.29 is 4.79 Å². The average Bonchev–Trinajstić information content (AvgIpc) is 2.73. The molecule has 26 heavy (non-hydrogen) atoms. The lowest BCUT2D eigenvalue weighted by atomic mass is 10.1. The van der Waals surface area contributed by atoms with E-state index in [1.807, 2.05) is 47.4 Å². The first-order valence-corrected chi connectivity index (χ1v) is 10.0. The van der Waals surface area contributed by atoms with Crippen molar-refractivity contribution in [3.05, 3.63) is 54.6 Å². The van der Waals surface area contributed by atoms with Gasteiger partial charge in [-0.25, -0.2) is 0 Å². The number of nitrogens with zero attached hydrogens (tertiary/aromatic N) is 3. The molecule has 0 radical (unpaired) electrons. The van der Waals surface area contributed by atoms with E-state index >= 15 is 0 Å². The molecule has 0 N–H and O–H groups in total. The SMILES string of the molecule is O=C(CSc1nnc(-c2ccccc2)c2ccccc12)N1CCCCC1. The zero-order chi connectivity index (χ0) is 17.8. The number of piperidine rings is 1. The molecule has 1 aliphatic rings. The van der Waals surface area contributed by atoms with E-state index in [2.05, 4.69) is 22.3 Å². The molecular formula is C21H21N3OS. The number of amides is 1. The van der Waals surface area contributed by atoms with E-state index in [4.69, 9.17) is 0 Å². The smallest absolute Gasteiger partial charge is 0.232 e. The third-order valence-electron chi connectivity index (χ3n) is 4.74. The maximum absolute atomic E-state index is 12.5. The maximum Gasteiger partial charge on any atom is 0.232 e. The number of benzene rings is 2. The van der Waals surface area contributed by atoms with Crippen molar-refractivity contribution >= 4 is 28.4 Å². The van der Waals surface area contributed by atoms with E-state index in [9.17, 15) is 4.79 Å². The fourth-order valence-electron chi connectivity index (χ4n) is 3.36. The normalized spacial score (nSPS) is 14.5. The molecule has 1 aromatic heterocycles. The molecule has 0 spiro atoms. The third kappa shape index (κ3) is 3.58. The van der Waals surface area contributed by atoms with Gasteiger partial charge in [-0.2, -0.15) is 0 Å². The van der Waals surface area contributed by atoms with Crippen LogP contribution in [0.5, 0.6) is 0 Å². The van der Waals surface area contributed by atoms with Gasteiger partial charge in [0.1, 0.15) is 10.7 Å². The first-order chi connectivity index (χ1) is 12.8. The standard InChI is InChI=1S/C21H21N3OS/c25-19(24-13-7-2-8-14-24)15-26-21-18-12-6-5-11-17(18)20(22-23-21)16-9-3-1-4-10-16/h1,3-6,9-12H,2,7-8,13-15H2. The van der Waals surface area contributed by atoms with Gasteiger partial charge >= 0.3 is 0 Å². The number of carbonyl (C=O) groups is 1. The van der Waals surface area contributed by atoms with Crippen molar-refractivity contribution in [3.8, 4) is 11.3 Å². The zero-order valence-electron chi connectivity index (χ0n) is 14.6. The summed E-state index contributed by atoms with van der Waals surface area (Å²) in [6.07, 6.45) is 3.46. The van der Waals surface area contributed by atoms with Crippen molar-refractivity contribution in [3.63, 3.8) is 0 Å². The van der Waals surface area contributed by atoms with E-state index in [1.54, 1.807) is 0 Å². The molecule has 5 heteroatoms. The van der Waals surface area contributed by atoms with Crippen molar-refractivity contribution in [1.29, 1.82) is 0 Å². The molecule has 2 aromatic carbocycles. The number of rotatable bonds is 4. The summed E-state index contributed by atoms with van der Waals surface area (Å²) in [5.74, 6) is 0.622. The van der Waals surface area contributed by atoms with Crippen LogP contribution in [0.2, 0.25) is 0 Å². The maximum atomic E-state index is 12.5. The number of fused-ring (bicyclic) bond motifs is 1. The Balaban J connectivity index is 1.59. The molecule has 4 rings (SSSR count). The molecule has 1 fully saturated rings. The molecule has 0 saturated carbocycles. The Hall–Kier alpha value is -2.40. The predicted octanol–water partition coefficient (Wildman–Crippen LogP) is 4.40. The van der Waals surface area contributed by atoms with E-state index in [-0.39, 0.29) is 5.91 Å². The predicted molar refractivity (Wildman–Crippen MR) is 106 cm³/mol. The number of thioether (sulfide) groups is 1. The molecule has 1 aliphatic heterocycles. The first-order valence-electron chi connectivity index (χ1n) is 9.04. The molecule has 2 heterocycles. The Labute approximate surface area is 157 Å². The van der Waals surface area contributed by atoms with Crippen molar-refractivity contribution in [2.75, 3.05) is 18.8 Å². The minimum Gasteiger partial charge on any atom is -0.342 e. The second kappa shape index (κ2) is 7.87. The van der Waals surface area contributed by atoms with Crippen molar-refractivity contribution in [1.82, 2.24) is 15.1 Å². The topological polar surface area (TPSA) is 46.1 Å². The Morgan fingerprint density at radius 1 is 0.885 bits per heavy atom. The summed E-state index contributed by atoms with van der Waals surface area (Å²) >= 11 is 1.49. The Morgan fingerprint density at radius 3 is 2.35 bits per heavy atom. The molecule has 3 aromatic rings. The van der Waals surface area contributed by atoms with E-state index in [1.165, 1.54) is 18.2 Å². The third-order valence-corrected chi connectivity index (χ3v) is 5.71. The summed E-state index contributed by atoms with van der Waals surface area (Å²) in [7, 11) is 0. The lowest BCUT2D eigenvalue weighted by molar-refractivity contribution is -0.129. The monoisotopic (exact) mass is 363 g/mol. The minimum absolute atomic E-state index is 0.202. The highest BCUT2D eigenvalue weighted by Gasteiger charge is 2.18. The molecule has 4 nitrogen and oxygen atoms in total. The van der Waals surface area contributed by atoms with Gasteiger partial charge in [-0.15, -0.1) is 10.2 Å². The van der Waals surface area contributed by atoms with Gasteiger partial charge in [0.2, 0.25) is 5.91 Å². The number of likely N-dealkylation sites (tertiary alicyclic amines) is 1. The van der Waals surface area contributed by atoms with Crippen molar-refractivity contribution in [2.45, 2.75) is 24.3 Å². The van der Waals surface area contributed by atoms with Crippen LogP contribution >= 0.6 is 11.8 Å². The van der Waals surface area contributed by atoms with Gasteiger partial charge in [0, 0.05) is 29.4 Å². The highest BCUT2D eigenvalue weighted by molar-refractivity contribution is 8.00. The van der Waals surface area contributed by atoms with Crippen LogP contribution in [0, 0.1) is 0 Å².